The number of allylic oxidation sites excluding steroid dienone is 2. The minimum atomic E-state index is -0.810. The molecule has 1 aliphatic rings. The predicted octanol–water partition coefficient (Wildman–Crippen LogP) is 4.34. The molecule has 0 radical (unpaired) electrons. The van der Waals surface area contributed by atoms with E-state index < -0.39 is 5.60 Å². The van der Waals surface area contributed by atoms with Gasteiger partial charge in [0.2, 0.25) is 0 Å². The molecular weight excluding hydrogens is 344 g/mol. The van der Waals surface area contributed by atoms with Gasteiger partial charge >= 0.3 is 5.97 Å². The minimum Gasteiger partial charge on any atom is -0.462 e. The van der Waals surface area contributed by atoms with Gasteiger partial charge in [-0.25, -0.2) is 0 Å². The van der Waals surface area contributed by atoms with E-state index in [1.165, 1.54) is 18.6 Å². The number of esters is 1. The van der Waals surface area contributed by atoms with Crippen LogP contribution in [0.1, 0.15) is 73.1 Å². The molecule has 1 fully saturated rings. The normalized spacial score (nSPS) is 24.0. The number of hydrogen-bond acceptors (Lipinski definition) is 5. The first kappa shape index (κ1) is 23.3. The summed E-state index contributed by atoms with van der Waals surface area (Å²) in [6, 6.07) is 0. The van der Waals surface area contributed by atoms with Gasteiger partial charge in [-0.3, -0.25) is 14.4 Å². The Kier molecular flexibility index (Phi) is 9.64. The zero-order chi connectivity index (χ0) is 20.4. The summed E-state index contributed by atoms with van der Waals surface area (Å²) in [6.45, 7) is 9.74. The summed E-state index contributed by atoms with van der Waals surface area (Å²) in [5.41, 5.74) is 1.25. The highest BCUT2D eigenvalue weighted by atomic mass is 16.5. The maximum absolute atomic E-state index is 12.5. The van der Waals surface area contributed by atoms with Gasteiger partial charge in [0.15, 0.2) is 5.78 Å². The standard InChI is InChI=1S/C22H34O5/c1-16(2)8-10-20(27-18(4)24)17(3)7-6-13-22(5)21(25)11-9-19(12-14-23)15-26-22/h8,12,14,17,20H,6-7,9-11,13,15H2,1-5H3/t17?,20?,22-/m0/s1. The van der Waals surface area contributed by atoms with E-state index in [1.54, 1.807) is 0 Å². The van der Waals surface area contributed by atoms with Gasteiger partial charge in [-0.05, 0) is 64.0 Å². The first-order valence-electron chi connectivity index (χ1n) is 9.79. The van der Waals surface area contributed by atoms with Gasteiger partial charge in [0.1, 0.15) is 18.0 Å². The molecule has 5 nitrogen and oxygen atoms in total. The van der Waals surface area contributed by atoms with Crippen LogP contribution < -0.4 is 0 Å². The quantitative estimate of drug-likeness (QED) is 0.258. The van der Waals surface area contributed by atoms with Crippen LogP contribution >= 0.6 is 0 Å². The first-order chi connectivity index (χ1) is 12.7. The summed E-state index contributed by atoms with van der Waals surface area (Å²) in [4.78, 5) is 34.6. The molecular formula is C22H34O5. The van der Waals surface area contributed by atoms with Gasteiger partial charge in [0, 0.05) is 19.8 Å². The number of aldehydes is 1. The number of ketones is 1. The summed E-state index contributed by atoms with van der Waals surface area (Å²) in [7, 11) is 0. The van der Waals surface area contributed by atoms with Crippen LogP contribution in [-0.2, 0) is 23.9 Å². The number of carbonyl (C=O) groups is 3. The zero-order valence-corrected chi connectivity index (χ0v) is 17.4. The summed E-state index contributed by atoms with van der Waals surface area (Å²) in [5.74, 6) is 0.0165. The Morgan fingerprint density at radius 3 is 2.59 bits per heavy atom. The summed E-state index contributed by atoms with van der Waals surface area (Å²) >= 11 is 0. The topological polar surface area (TPSA) is 69.7 Å². The minimum absolute atomic E-state index is 0.0885. The van der Waals surface area contributed by atoms with E-state index in [4.69, 9.17) is 9.47 Å². The Balaban J connectivity index is 2.63. The van der Waals surface area contributed by atoms with E-state index in [0.29, 0.717) is 32.3 Å². The fourth-order valence-corrected chi connectivity index (χ4v) is 3.29. The molecule has 152 valence electrons. The largest absolute Gasteiger partial charge is 0.462 e. The number of hydrogen-bond donors (Lipinski definition) is 0. The van der Waals surface area contributed by atoms with Gasteiger partial charge in [0.05, 0.1) is 6.61 Å². The maximum Gasteiger partial charge on any atom is 0.302 e. The third kappa shape index (κ3) is 8.21. The van der Waals surface area contributed by atoms with Crippen LogP contribution in [0.15, 0.2) is 23.3 Å². The highest BCUT2D eigenvalue weighted by molar-refractivity contribution is 5.87. The maximum atomic E-state index is 12.5. The van der Waals surface area contributed by atoms with Gasteiger partial charge in [-0.1, -0.05) is 18.6 Å². The van der Waals surface area contributed by atoms with Crippen LogP contribution in [0.25, 0.3) is 0 Å². The second-order valence-electron chi connectivity index (χ2n) is 7.94. The van der Waals surface area contributed by atoms with Gasteiger partial charge < -0.3 is 9.47 Å². The van der Waals surface area contributed by atoms with Crippen molar-refractivity contribution in [2.24, 2.45) is 5.92 Å². The average molecular weight is 379 g/mol. The molecule has 1 heterocycles. The van der Waals surface area contributed by atoms with E-state index in [2.05, 4.69) is 13.0 Å². The van der Waals surface area contributed by atoms with Crippen molar-refractivity contribution in [2.45, 2.75) is 84.8 Å². The lowest BCUT2D eigenvalue weighted by molar-refractivity contribution is -0.148. The van der Waals surface area contributed by atoms with Gasteiger partial charge in [0.25, 0.3) is 0 Å². The van der Waals surface area contributed by atoms with Crippen molar-refractivity contribution in [3.8, 4) is 0 Å². The highest BCUT2D eigenvalue weighted by Gasteiger charge is 2.35. The Hall–Kier alpha value is -1.75. The van der Waals surface area contributed by atoms with Crippen molar-refractivity contribution in [1.29, 1.82) is 0 Å². The first-order valence-corrected chi connectivity index (χ1v) is 9.79. The van der Waals surface area contributed by atoms with Crippen molar-refractivity contribution in [3.05, 3.63) is 23.3 Å². The second-order valence-corrected chi connectivity index (χ2v) is 7.94. The Labute approximate surface area is 163 Å². The molecule has 0 aromatic heterocycles. The monoisotopic (exact) mass is 378 g/mol. The molecule has 2 unspecified atom stereocenters. The molecule has 1 saturated heterocycles. The zero-order valence-electron chi connectivity index (χ0n) is 17.4. The molecule has 27 heavy (non-hydrogen) atoms. The van der Waals surface area contributed by atoms with Crippen molar-refractivity contribution >= 4 is 18.0 Å². The lowest BCUT2D eigenvalue weighted by Crippen LogP contribution is -2.37. The highest BCUT2D eigenvalue weighted by Crippen LogP contribution is 2.29. The molecule has 5 heteroatoms. The van der Waals surface area contributed by atoms with Crippen molar-refractivity contribution in [3.63, 3.8) is 0 Å². The van der Waals surface area contributed by atoms with Crippen LogP contribution in [0.5, 0.6) is 0 Å². The number of rotatable bonds is 9. The Morgan fingerprint density at radius 1 is 1.30 bits per heavy atom. The van der Waals surface area contributed by atoms with Gasteiger partial charge in [-0.15, -0.1) is 0 Å². The molecule has 0 aliphatic carbocycles. The summed E-state index contributed by atoms with van der Waals surface area (Å²) < 4.78 is 11.4. The van der Waals surface area contributed by atoms with Crippen molar-refractivity contribution < 1.29 is 23.9 Å². The van der Waals surface area contributed by atoms with Crippen LogP contribution in [0.4, 0.5) is 0 Å². The van der Waals surface area contributed by atoms with E-state index in [1.807, 2.05) is 20.8 Å². The molecule has 1 aliphatic heterocycles. The van der Waals surface area contributed by atoms with E-state index in [-0.39, 0.29) is 23.8 Å². The second kappa shape index (κ2) is 11.2. The summed E-state index contributed by atoms with van der Waals surface area (Å²) in [6.07, 6.45) is 8.14. The Morgan fingerprint density at radius 2 is 2.00 bits per heavy atom. The molecule has 0 spiro atoms. The van der Waals surface area contributed by atoms with Crippen LogP contribution in [0.3, 0.4) is 0 Å². The molecule has 3 atom stereocenters. The Bertz CT molecular complexity index is 586. The average Bonchev–Trinajstić information content (AvgIpc) is 2.72. The lowest BCUT2D eigenvalue weighted by Gasteiger charge is -2.28. The molecule has 0 N–H and O–H groups in total. The number of ether oxygens (including phenoxy) is 2. The molecule has 1 rings (SSSR count). The lowest BCUT2D eigenvalue weighted by atomic mass is 9.88. The molecule has 0 saturated carbocycles. The van der Waals surface area contributed by atoms with Gasteiger partial charge in [-0.2, -0.15) is 0 Å². The molecule has 0 aromatic carbocycles. The fourth-order valence-electron chi connectivity index (χ4n) is 3.29. The molecule has 0 amide bonds. The van der Waals surface area contributed by atoms with E-state index in [0.717, 1.165) is 24.7 Å². The summed E-state index contributed by atoms with van der Waals surface area (Å²) in [5, 5.41) is 0. The van der Waals surface area contributed by atoms with Crippen LogP contribution in [0.2, 0.25) is 0 Å². The smallest absolute Gasteiger partial charge is 0.302 e. The number of Topliss-reactive ketones (excluding diaryl/α,β-unsaturated/α-hetero) is 1. The molecule has 0 aromatic rings. The van der Waals surface area contributed by atoms with Crippen molar-refractivity contribution in [1.82, 2.24) is 0 Å². The predicted molar refractivity (Wildman–Crippen MR) is 105 cm³/mol. The third-order valence-corrected chi connectivity index (χ3v) is 5.17. The van der Waals surface area contributed by atoms with Crippen molar-refractivity contribution in [2.75, 3.05) is 6.61 Å². The SMILES string of the molecule is CC(=O)OC(CC=C(C)C)C(C)CCC[C@]1(C)OCC(=CC=O)CCC1=O. The number of carbonyl (C=O) groups excluding carboxylic acids is 3. The van der Waals surface area contributed by atoms with E-state index in [9.17, 15) is 14.4 Å². The third-order valence-electron chi connectivity index (χ3n) is 5.17. The van der Waals surface area contributed by atoms with E-state index >= 15 is 0 Å². The van der Waals surface area contributed by atoms with Crippen LogP contribution in [-0.4, -0.2) is 36.4 Å². The fraction of sp³-hybridized carbons (Fsp3) is 0.682. The van der Waals surface area contributed by atoms with Crippen LogP contribution in [0, 0.1) is 5.92 Å². The molecule has 0 bridgehead atoms.